The van der Waals surface area contributed by atoms with Crippen LogP contribution in [0.3, 0.4) is 0 Å². The van der Waals surface area contributed by atoms with Crippen molar-refractivity contribution in [1.29, 1.82) is 0 Å². The van der Waals surface area contributed by atoms with E-state index in [2.05, 4.69) is 49.0 Å². The number of hydrogen-bond donors (Lipinski definition) is 2. The number of aromatic nitrogens is 1. The van der Waals surface area contributed by atoms with E-state index in [4.69, 9.17) is 5.11 Å². The molecule has 0 fully saturated rings. The van der Waals surface area contributed by atoms with Crippen LogP contribution < -0.4 is 10.2 Å². The highest BCUT2D eigenvalue weighted by atomic mass is 16.3. The van der Waals surface area contributed by atoms with E-state index in [9.17, 15) is 0 Å². The second-order valence-corrected chi connectivity index (χ2v) is 5.18. The summed E-state index contributed by atoms with van der Waals surface area (Å²) in [5.41, 5.74) is 2.41. The number of nitrogens with one attached hydrogen (secondary N) is 1. The third kappa shape index (κ3) is 5.17. The van der Waals surface area contributed by atoms with Crippen LogP contribution in [0.25, 0.3) is 0 Å². The van der Waals surface area contributed by atoms with Crippen molar-refractivity contribution in [3.8, 4) is 0 Å². The summed E-state index contributed by atoms with van der Waals surface area (Å²) in [6.07, 6.45) is 2.73. The molecule has 4 nitrogen and oxygen atoms in total. The molecule has 0 saturated heterocycles. The van der Waals surface area contributed by atoms with Gasteiger partial charge in [0.15, 0.2) is 0 Å². The van der Waals surface area contributed by atoms with Crippen LogP contribution in [-0.2, 0) is 6.54 Å². The Hall–Kier alpha value is -1.13. The van der Waals surface area contributed by atoms with Crippen LogP contribution in [-0.4, -0.2) is 35.8 Å². The number of nitrogens with zero attached hydrogens (tertiary/aromatic N) is 2. The van der Waals surface area contributed by atoms with Gasteiger partial charge in [0.25, 0.3) is 0 Å². The average molecular weight is 265 g/mol. The normalized spacial score (nSPS) is 11.1. The van der Waals surface area contributed by atoms with Crippen molar-refractivity contribution >= 4 is 5.82 Å². The Labute approximate surface area is 116 Å². The lowest BCUT2D eigenvalue weighted by molar-refractivity contribution is 0.289. The van der Waals surface area contributed by atoms with Gasteiger partial charge in [-0.05, 0) is 37.5 Å². The molecule has 0 atom stereocenters. The molecular weight excluding hydrogens is 238 g/mol. The van der Waals surface area contributed by atoms with Gasteiger partial charge < -0.3 is 15.3 Å². The molecule has 0 unspecified atom stereocenters. The fourth-order valence-corrected chi connectivity index (χ4v) is 2.05. The first kappa shape index (κ1) is 15.9. The van der Waals surface area contributed by atoms with Crippen molar-refractivity contribution in [3.05, 3.63) is 23.4 Å². The second kappa shape index (κ2) is 8.12. The smallest absolute Gasteiger partial charge is 0.131 e. The predicted octanol–water partition coefficient (Wildman–Crippen LogP) is 2.10. The molecule has 1 rings (SSSR count). The highest BCUT2D eigenvalue weighted by Gasteiger charge is 2.09. The predicted molar refractivity (Wildman–Crippen MR) is 80.5 cm³/mol. The fraction of sp³-hybridized carbons (Fsp3) is 0.667. The van der Waals surface area contributed by atoms with E-state index in [1.165, 1.54) is 11.1 Å². The SMILES string of the molecule is CCN(CCCO)c1ncc(CNC(C)C)cc1C. The van der Waals surface area contributed by atoms with Crippen molar-refractivity contribution in [2.24, 2.45) is 0 Å². The summed E-state index contributed by atoms with van der Waals surface area (Å²) >= 11 is 0. The minimum Gasteiger partial charge on any atom is -0.396 e. The third-order valence-corrected chi connectivity index (χ3v) is 3.09. The molecule has 0 bridgehead atoms. The molecule has 0 spiro atoms. The standard InChI is InChI=1S/C15H27N3O/c1-5-18(7-6-8-19)15-13(4)9-14(11-17-15)10-16-12(2)3/h9,11-12,16,19H,5-8,10H2,1-4H3. The molecule has 0 aliphatic heterocycles. The number of anilines is 1. The summed E-state index contributed by atoms with van der Waals surface area (Å²) in [4.78, 5) is 6.80. The first-order valence-electron chi connectivity index (χ1n) is 7.13. The molecule has 1 aromatic rings. The number of hydrogen-bond acceptors (Lipinski definition) is 4. The van der Waals surface area contributed by atoms with Crippen LogP contribution >= 0.6 is 0 Å². The molecule has 0 aromatic carbocycles. The van der Waals surface area contributed by atoms with Gasteiger partial charge >= 0.3 is 0 Å². The summed E-state index contributed by atoms with van der Waals surface area (Å²) in [5, 5.41) is 12.3. The van der Waals surface area contributed by atoms with E-state index in [1.807, 2.05) is 6.20 Å². The lowest BCUT2D eigenvalue weighted by Gasteiger charge is -2.23. The van der Waals surface area contributed by atoms with Crippen LogP contribution in [0.5, 0.6) is 0 Å². The van der Waals surface area contributed by atoms with Crippen LogP contribution in [0.1, 0.15) is 38.3 Å². The van der Waals surface area contributed by atoms with Crippen molar-refractivity contribution in [1.82, 2.24) is 10.3 Å². The maximum absolute atomic E-state index is 8.94. The molecule has 2 N–H and O–H groups in total. The van der Waals surface area contributed by atoms with Crippen molar-refractivity contribution in [3.63, 3.8) is 0 Å². The zero-order valence-corrected chi connectivity index (χ0v) is 12.6. The van der Waals surface area contributed by atoms with Crippen LogP contribution in [0.15, 0.2) is 12.3 Å². The summed E-state index contributed by atoms with van der Waals surface area (Å²) in [6.45, 7) is 11.3. The van der Waals surface area contributed by atoms with Crippen LogP contribution in [0.2, 0.25) is 0 Å². The monoisotopic (exact) mass is 265 g/mol. The molecule has 0 amide bonds. The van der Waals surface area contributed by atoms with Crippen LogP contribution in [0, 0.1) is 6.92 Å². The fourth-order valence-electron chi connectivity index (χ4n) is 2.05. The van der Waals surface area contributed by atoms with Gasteiger partial charge in [-0.25, -0.2) is 4.98 Å². The second-order valence-electron chi connectivity index (χ2n) is 5.18. The third-order valence-electron chi connectivity index (χ3n) is 3.09. The molecule has 19 heavy (non-hydrogen) atoms. The van der Waals surface area contributed by atoms with E-state index in [0.29, 0.717) is 6.04 Å². The highest BCUT2D eigenvalue weighted by molar-refractivity contribution is 5.47. The van der Waals surface area contributed by atoms with E-state index in [-0.39, 0.29) is 6.61 Å². The minimum atomic E-state index is 0.228. The summed E-state index contributed by atoms with van der Waals surface area (Å²) in [7, 11) is 0. The van der Waals surface area contributed by atoms with Gasteiger partial charge in [-0.2, -0.15) is 0 Å². The first-order valence-corrected chi connectivity index (χ1v) is 7.13. The largest absolute Gasteiger partial charge is 0.396 e. The first-order chi connectivity index (χ1) is 9.08. The molecular formula is C15H27N3O. The highest BCUT2D eigenvalue weighted by Crippen LogP contribution is 2.18. The van der Waals surface area contributed by atoms with Gasteiger partial charge in [-0.1, -0.05) is 13.8 Å². The zero-order valence-electron chi connectivity index (χ0n) is 12.6. The number of aryl methyl sites for hydroxylation is 1. The Balaban J connectivity index is 2.74. The van der Waals surface area contributed by atoms with Crippen molar-refractivity contribution in [2.45, 2.75) is 46.7 Å². The van der Waals surface area contributed by atoms with E-state index in [1.54, 1.807) is 0 Å². The summed E-state index contributed by atoms with van der Waals surface area (Å²) in [5.74, 6) is 1.03. The number of aliphatic hydroxyl groups is 1. The Morgan fingerprint density at radius 3 is 2.68 bits per heavy atom. The van der Waals surface area contributed by atoms with Gasteiger partial charge in [-0.3, -0.25) is 0 Å². The topological polar surface area (TPSA) is 48.4 Å². The Morgan fingerprint density at radius 2 is 2.16 bits per heavy atom. The Bertz CT molecular complexity index is 380. The summed E-state index contributed by atoms with van der Waals surface area (Å²) < 4.78 is 0. The number of rotatable bonds is 8. The van der Waals surface area contributed by atoms with Gasteiger partial charge in [-0.15, -0.1) is 0 Å². The van der Waals surface area contributed by atoms with Crippen LogP contribution in [0.4, 0.5) is 5.82 Å². The number of aliphatic hydroxyl groups excluding tert-OH is 1. The maximum atomic E-state index is 8.94. The molecule has 0 radical (unpaired) electrons. The van der Waals surface area contributed by atoms with E-state index < -0.39 is 0 Å². The number of pyridine rings is 1. The van der Waals surface area contributed by atoms with Gasteiger partial charge in [0.1, 0.15) is 5.82 Å². The average Bonchev–Trinajstić information content (AvgIpc) is 2.39. The minimum absolute atomic E-state index is 0.228. The molecule has 108 valence electrons. The molecule has 1 heterocycles. The molecule has 1 aromatic heterocycles. The van der Waals surface area contributed by atoms with Gasteiger partial charge in [0, 0.05) is 38.5 Å². The maximum Gasteiger partial charge on any atom is 0.131 e. The Morgan fingerprint density at radius 1 is 1.42 bits per heavy atom. The lowest BCUT2D eigenvalue weighted by Crippen LogP contribution is -2.27. The van der Waals surface area contributed by atoms with Crippen molar-refractivity contribution < 1.29 is 5.11 Å². The van der Waals surface area contributed by atoms with Crippen molar-refractivity contribution in [2.75, 3.05) is 24.6 Å². The molecule has 0 aliphatic carbocycles. The van der Waals surface area contributed by atoms with E-state index in [0.717, 1.165) is 31.9 Å². The zero-order chi connectivity index (χ0) is 14.3. The lowest BCUT2D eigenvalue weighted by atomic mass is 10.2. The Kier molecular flexibility index (Phi) is 6.81. The van der Waals surface area contributed by atoms with Gasteiger partial charge in [0.2, 0.25) is 0 Å². The summed E-state index contributed by atoms with van der Waals surface area (Å²) in [6, 6.07) is 2.68. The van der Waals surface area contributed by atoms with E-state index >= 15 is 0 Å². The molecule has 0 aliphatic rings. The van der Waals surface area contributed by atoms with Gasteiger partial charge in [0.05, 0.1) is 0 Å². The quantitative estimate of drug-likeness (QED) is 0.756. The molecule has 4 heteroatoms. The molecule has 0 saturated carbocycles.